The van der Waals surface area contributed by atoms with Crippen LogP contribution in [0.4, 0.5) is 0 Å². The average Bonchev–Trinajstić information content (AvgIpc) is 2.73. The molecule has 0 unspecified atom stereocenters. The van der Waals surface area contributed by atoms with Crippen LogP contribution in [0.15, 0.2) is 30.3 Å². The lowest BCUT2D eigenvalue weighted by Crippen LogP contribution is -2.42. The van der Waals surface area contributed by atoms with Gasteiger partial charge in [-0.15, -0.1) is 0 Å². The van der Waals surface area contributed by atoms with Crippen LogP contribution < -0.4 is 0 Å². The molecule has 0 saturated carbocycles. The molecule has 2 rings (SSSR count). The number of aliphatic hydroxyl groups is 4. The normalized spacial score (nSPS) is 32.4. The van der Waals surface area contributed by atoms with Crippen LogP contribution in [0.25, 0.3) is 0 Å². The fourth-order valence-electron chi connectivity index (χ4n) is 2.05. The summed E-state index contributed by atoms with van der Waals surface area (Å²) in [6.07, 6.45) is -5.74. The number of hydrogen-bond donors (Lipinski definition) is 4. The Hall–Kier alpha value is -1.02. The second-order valence-corrected chi connectivity index (χ2v) is 4.49. The van der Waals surface area contributed by atoms with Crippen molar-refractivity contribution in [1.82, 2.24) is 0 Å². The Morgan fingerprint density at radius 2 is 1.89 bits per heavy atom. The first kappa shape index (κ1) is 14.4. The van der Waals surface area contributed by atoms with Gasteiger partial charge in [-0.1, -0.05) is 30.3 Å². The van der Waals surface area contributed by atoms with Gasteiger partial charge in [0, 0.05) is 0 Å². The molecule has 1 saturated heterocycles. The molecule has 1 fully saturated rings. The largest absolute Gasteiger partial charge is 0.394 e. The minimum Gasteiger partial charge on any atom is -0.394 e. The maximum Gasteiger partial charge on any atom is 0.184 e. The van der Waals surface area contributed by atoms with E-state index in [4.69, 9.17) is 14.6 Å². The molecule has 0 aliphatic carbocycles. The van der Waals surface area contributed by atoms with E-state index in [0.717, 1.165) is 5.56 Å². The predicted octanol–water partition coefficient (Wildman–Crippen LogP) is -0.997. The standard InChI is InChI=1S/C13H18O6/c14-6-9(15)11-12(10(16)13(17)19-11)18-7-8-4-2-1-3-5-8/h1-5,9-17H,6-7H2/t9-,10-,11+,12+,13-/m1/s1. The van der Waals surface area contributed by atoms with Crippen molar-refractivity contribution < 1.29 is 29.9 Å². The van der Waals surface area contributed by atoms with E-state index >= 15 is 0 Å². The molecule has 0 spiro atoms. The lowest BCUT2D eigenvalue weighted by atomic mass is 10.1. The van der Waals surface area contributed by atoms with Crippen LogP contribution in [0.5, 0.6) is 0 Å². The van der Waals surface area contributed by atoms with Gasteiger partial charge in [0.15, 0.2) is 6.29 Å². The predicted molar refractivity (Wildman–Crippen MR) is 65.0 cm³/mol. The molecule has 0 bridgehead atoms. The van der Waals surface area contributed by atoms with Crippen molar-refractivity contribution in [3.05, 3.63) is 35.9 Å². The summed E-state index contributed by atoms with van der Waals surface area (Å²) in [7, 11) is 0. The topological polar surface area (TPSA) is 99.4 Å². The number of aliphatic hydroxyl groups excluding tert-OH is 4. The molecule has 4 N–H and O–H groups in total. The second-order valence-electron chi connectivity index (χ2n) is 4.49. The van der Waals surface area contributed by atoms with Crippen molar-refractivity contribution in [2.75, 3.05) is 6.61 Å². The van der Waals surface area contributed by atoms with Crippen LogP contribution in [0, 0.1) is 0 Å². The van der Waals surface area contributed by atoms with Gasteiger partial charge in [0.05, 0.1) is 13.2 Å². The van der Waals surface area contributed by atoms with E-state index in [1.807, 2.05) is 30.3 Å². The monoisotopic (exact) mass is 270 g/mol. The highest BCUT2D eigenvalue weighted by Crippen LogP contribution is 2.25. The van der Waals surface area contributed by atoms with E-state index in [1.54, 1.807) is 0 Å². The zero-order valence-corrected chi connectivity index (χ0v) is 10.3. The van der Waals surface area contributed by atoms with Gasteiger partial charge in [-0.25, -0.2) is 0 Å². The Balaban J connectivity index is 1.99. The molecule has 5 atom stereocenters. The maximum atomic E-state index is 9.76. The van der Waals surface area contributed by atoms with Crippen LogP contribution in [-0.2, 0) is 16.1 Å². The molecule has 6 heteroatoms. The van der Waals surface area contributed by atoms with Crippen LogP contribution in [0.1, 0.15) is 5.56 Å². The smallest absolute Gasteiger partial charge is 0.184 e. The molecule has 1 aliphatic heterocycles. The molecule has 0 radical (unpaired) electrons. The van der Waals surface area contributed by atoms with Gasteiger partial charge in [-0.2, -0.15) is 0 Å². The number of hydrogen-bond acceptors (Lipinski definition) is 6. The van der Waals surface area contributed by atoms with E-state index in [1.165, 1.54) is 0 Å². The molecule has 1 aromatic rings. The third-order valence-corrected chi connectivity index (χ3v) is 3.10. The van der Waals surface area contributed by atoms with Crippen molar-refractivity contribution in [2.24, 2.45) is 0 Å². The van der Waals surface area contributed by atoms with Gasteiger partial charge >= 0.3 is 0 Å². The Labute approximate surface area is 110 Å². The molecule has 19 heavy (non-hydrogen) atoms. The minimum atomic E-state index is -1.42. The van der Waals surface area contributed by atoms with Gasteiger partial charge in [0.2, 0.25) is 0 Å². The van der Waals surface area contributed by atoms with Gasteiger partial charge in [-0.3, -0.25) is 0 Å². The molecule has 1 aliphatic rings. The second kappa shape index (κ2) is 6.42. The summed E-state index contributed by atoms with van der Waals surface area (Å²) in [4.78, 5) is 0. The zero-order chi connectivity index (χ0) is 13.8. The number of ether oxygens (including phenoxy) is 2. The highest BCUT2D eigenvalue weighted by molar-refractivity contribution is 5.13. The van der Waals surface area contributed by atoms with Crippen LogP contribution >= 0.6 is 0 Å². The highest BCUT2D eigenvalue weighted by Gasteiger charge is 2.46. The summed E-state index contributed by atoms with van der Waals surface area (Å²) < 4.78 is 10.5. The molecule has 106 valence electrons. The van der Waals surface area contributed by atoms with E-state index in [0.29, 0.717) is 0 Å². The Bertz CT molecular complexity index is 384. The third-order valence-electron chi connectivity index (χ3n) is 3.10. The van der Waals surface area contributed by atoms with Crippen LogP contribution in [-0.4, -0.2) is 57.7 Å². The summed E-state index contributed by atoms with van der Waals surface area (Å²) in [5, 5.41) is 37.7. The van der Waals surface area contributed by atoms with E-state index < -0.39 is 37.3 Å². The molecule has 1 heterocycles. The summed E-state index contributed by atoms with van der Waals surface area (Å²) in [6.45, 7) is -0.317. The number of benzene rings is 1. The Kier molecular flexibility index (Phi) is 4.87. The van der Waals surface area contributed by atoms with Crippen molar-refractivity contribution >= 4 is 0 Å². The summed E-state index contributed by atoms with van der Waals surface area (Å²) >= 11 is 0. The number of rotatable bonds is 5. The lowest BCUT2D eigenvalue weighted by molar-refractivity contribution is -0.151. The highest BCUT2D eigenvalue weighted by atomic mass is 16.7. The fraction of sp³-hybridized carbons (Fsp3) is 0.538. The molecular weight excluding hydrogens is 252 g/mol. The first-order chi connectivity index (χ1) is 9.13. The molecule has 6 nitrogen and oxygen atoms in total. The first-order valence-electron chi connectivity index (χ1n) is 6.09. The van der Waals surface area contributed by atoms with Crippen LogP contribution in [0.2, 0.25) is 0 Å². The van der Waals surface area contributed by atoms with Gasteiger partial charge in [0.25, 0.3) is 0 Å². The summed E-state index contributed by atoms with van der Waals surface area (Å²) in [5.41, 5.74) is 0.897. The summed E-state index contributed by atoms with van der Waals surface area (Å²) in [6, 6.07) is 9.30. The van der Waals surface area contributed by atoms with Crippen molar-refractivity contribution in [3.63, 3.8) is 0 Å². The van der Waals surface area contributed by atoms with E-state index in [9.17, 15) is 15.3 Å². The first-order valence-corrected chi connectivity index (χ1v) is 6.09. The molecule has 0 amide bonds. The quantitative estimate of drug-likeness (QED) is 0.548. The van der Waals surface area contributed by atoms with Gasteiger partial charge < -0.3 is 29.9 Å². The molecule has 0 aromatic heterocycles. The molecule has 1 aromatic carbocycles. The SMILES string of the molecule is OC[C@@H](O)[C@@H]1O[C@@H](O)[C@H](O)[C@@H]1OCc1ccccc1. The Morgan fingerprint density at radius 3 is 2.53 bits per heavy atom. The van der Waals surface area contributed by atoms with Crippen molar-refractivity contribution in [3.8, 4) is 0 Å². The average molecular weight is 270 g/mol. The molecular formula is C13H18O6. The lowest BCUT2D eigenvalue weighted by Gasteiger charge is -2.23. The van der Waals surface area contributed by atoms with Crippen LogP contribution in [0.3, 0.4) is 0 Å². The van der Waals surface area contributed by atoms with Crippen molar-refractivity contribution in [2.45, 2.75) is 37.3 Å². The zero-order valence-electron chi connectivity index (χ0n) is 10.3. The van der Waals surface area contributed by atoms with Crippen molar-refractivity contribution in [1.29, 1.82) is 0 Å². The van der Waals surface area contributed by atoms with E-state index in [2.05, 4.69) is 0 Å². The van der Waals surface area contributed by atoms with Gasteiger partial charge in [0.1, 0.15) is 24.4 Å². The fourth-order valence-corrected chi connectivity index (χ4v) is 2.05. The minimum absolute atomic E-state index is 0.216. The summed E-state index contributed by atoms with van der Waals surface area (Å²) in [5.74, 6) is 0. The maximum absolute atomic E-state index is 9.76. The Morgan fingerprint density at radius 1 is 1.21 bits per heavy atom. The van der Waals surface area contributed by atoms with E-state index in [-0.39, 0.29) is 6.61 Å². The van der Waals surface area contributed by atoms with Gasteiger partial charge in [-0.05, 0) is 5.56 Å². The third kappa shape index (κ3) is 3.30.